The zero-order valence-corrected chi connectivity index (χ0v) is 8.42. The molecule has 0 radical (unpaired) electrons. The molecule has 0 fully saturated rings. The molecule has 0 aliphatic heterocycles. The highest BCUT2D eigenvalue weighted by atomic mass is 16.1. The van der Waals surface area contributed by atoms with Crippen LogP contribution in [0.3, 0.4) is 0 Å². The first-order valence-corrected chi connectivity index (χ1v) is 4.73. The van der Waals surface area contributed by atoms with Crippen molar-refractivity contribution in [2.24, 2.45) is 0 Å². The highest BCUT2D eigenvalue weighted by Gasteiger charge is 1.97. The molecule has 1 amide bonds. The van der Waals surface area contributed by atoms with Crippen LogP contribution in [0, 0.1) is 0 Å². The summed E-state index contributed by atoms with van der Waals surface area (Å²) in [7, 11) is 0. The van der Waals surface area contributed by atoms with Gasteiger partial charge in [0.05, 0.1) is 0 Å². The molecule has 16 heavy (non-hydrogen) atoms. The normalized spacial score (nSPS) is 9.50. The Morgan fingerprint density at radius 2 is 1.81 bits per heavy atom. The molecule has 80 valence electrons. The summed E-state index contributed by atoms with van der Waals surface area (Å²) in [4.78, 5) is 18.4. The molecule has 2 aromatic rings. The lowest BCUT2D eigenvalue weighted by Gasteiger charge is -2.05. The third-order valence-corrected chi connectivity index (χ3v) is 1.91. The average Bonchev–Trinajstić information content (AvgIpc) is 2.31. The predicted molar refractivity (Wildman–Crippen MR) is 61.4 cm³/mol. The van der Waals surface area contributed by atoms with E-state index in [1.54, 1.807) is 30.6 Å². The molecule has 0 atom stereocenters. The van der Waals surface area contributed by atoms with Crippen LogP contribution in [0.2, 0.25) is 0 Å². The van der Waals surface area contributed by atoms with E-state index in [0.717, 1.165) is 11.4 Å². The molecule has 0 saturated carbocycles. The smallest absolute Gasteiger partial charge is 0.227 e. The summed E-state index contributed by atoms with van der Waals surface area (Å²) < 4.78 is 0. The molecule has 5 heteroatoms. The molecule has 5 nitrogen and oxygen atoms in total. The lowest BCUT2D eigenvalue weighted by Crippen LogP contribution is -1.97. The van der Waals surface area contributed by atoms with Crippen molar-refractivity contribution >= 4 is 23.7 Å². The van der Waals surface area contributed by atoms with Gasteiger partial charge in [-0.1, -0.05) is 6.07 Å². The monoisotopic (exact) mass is 214 g/mol. The number of hydrogen-bond donors (Lipinski definition) is 2. The molecule has 2 rings (SSSR count). The fourth-order valence-corrected chi connectivity index (χ4v) is 1.25. The molecule has 0 aliphatic rings. The molecule has 1 aromatic carbocycles. The summed E-state index contributed by atoms with van der Waals surface area (Å²) in [5, 5.41) is 5.60. The molecular formula is C11H10N4O. The maximum Gasteiger partial charge on any atom is 0.227 e. The number of carbonyl (C=O) groups is 1. The topological polar surface area (TPSA) is 66.9 Å². The Morgan fingerprint density at radius 3 is 2.56 bits per heavy atom. The molecule has 1 aromatic heterocycles. The van der Waals surface area contributed by atoms with Gasteiger partial charge in [0.25, 0.3) is 0 Å². The van der Waals surface area contributed by atoms with Crippen LogP contribution in [0.1, 0.15) is 0 Å². The van der Waals surface area contributed by atoms with E-state index in [9.17, 15) is 4.79 Å². The second-order valence-electron chi connectivity index (χ2n) is 3.04. The minimum Gasteiger partial charge on any atom is -0.329 e. The average molecular weight is 214 g/mol. The number of benzene rings is 1. The SMILES string of the molecule is O=CNc1cccc(Nc2ncccn2)c1. The van der Waals surface area contributed by atoms with Gasteiger partial charge >= 0.3 is 0 Å². The van der Waals surface area contributed by atoms with Gasteiger partial charge in [-0.15, -0.1) is 0 Å². The number of anilines is 3. The summed E-state index contributed by atoms with van der Waals surface area (Å²) >= 11 is 0. The molecule has 1 heterocycles. The van der Waals surface area contributed by atoms with Gasteiger partial charge in [0.15, 0.2) is 0 Å². The van der Waals surface area contributed by atoms with Gasteiger partial charge in [-0.05, 0) is 24.3 Å². The molecule has 0 spiro atoms. The molecule has 2 N–H and O–H groups in total. The van der Waals surface area contributed by atoms with Gasteiger partial charge in [-0.2, -0.15) is 0 Å². The van der Waals surface area contributed by atoms with E-state index in [2.05, 4.69) is 20.6 Å². The van der Waals surface area contributed by atoms with Crippen LogP contribution in [0.5, 0.6) is 0 Å². The molecule has 0 saturated heterocycles. The van der Waals surface area contributed by atoms with Gasteiger partial charge in [-0.25, -0.2) is 9.97 Å². The fourth-order valence-electron chi connectivity index (χ4n) is 1.25. The fraction of sp³-hybridized carbons (Fsp3) is 0. The number of nitrogens with zero attached hydrogens (tertiary/aromatic N) is 2. The van der Waals surface area contributed by atoms with Crippen molar-refractivity contribution in [3.63, 3.8) is 0 Å². The van der Waals surface area contributed by atoms with Crippen LogP contribution in [0.25, 0.3) is 0 Å². The first-order chi connectivity index (χ1) is 7.88. The predicted octanol–water partition coefficient (Wildman–Crippen LogP) is 1.79. The van der Waals surface area contributed by atoms with Crippen molar-refractivity contribution in [3.8, 4) is 0 Å². The van der Waals surface area contributed by atoms with Crippen LogP contribution in [0.15, 0.2) is 42.7 Å². The van der Waals surface area contributed by atoms with Gasteiger partial charge in [0.1, 0.15) is 0 Å². The van der Waals surface area contributed by atoms with Crippen LogP contribution in [-0.2, 0) is 4.79 Å². The molecule has 0 aliphatic carbocycles. The standard InChI is InChI=1S/C11H10N4O/c16-8-14-9-3-1-4-10(7-9)15-11-12-5-2-6-13-11/h1-8H,(H,14,16)(H,12,13,15). The van der Waals surface area contributed by atoms with Crippen LogP contribution in [0.4, 0.5) is 17.3 Å². The summed E-state index contributed by atoms with van der Waals surface area (Å²) in [5.41, 5.74) is 1.54. The van der Waals surface area contributed by atoms with E-state index in [0.29, 0.717) is 12.4 Å². The molecular weight excluding hydrogens is 204 g/mol. The van der Waals surface area contributed by atoms with Crippen LogP contribution < -0.4 is 10.6 Å². The highest BCUT2D eigenvalue weighted by molar-refractivity contribution is 5.74. The Labute approximate surface area is 92.6 Å². The Hall–Kier alpha value is -2.43. The summed E-state index contributed by atoms with van der Waals surface area (Å²) in [5.74, 6) is 0.519. The molecule has 0 unspecified atom stereocenters. The largest absolute Gasteiger partial charge is 0.329 e. The number of nitrogens with one attached hydrogen (secondary N) is 2. The zero-order valence-electron chi connectivity index (χ0n) is 8.42. The third-order valence-electron chi connectivity index (χ3n) is 1.91. The third kappa shape index (κ3) is 2.54. The van der Waals surface area contributed by atoms with Gasteiger partial charge in [0, 0.05) is 23.8 Å². The van der Waals surface area contributed by atoms with E-state index in [-0.39, 0.29) is 0 Å². The van der Waals surface area contributed by atoms with Crippen molar-refractivity contribution in [3.05, 3.63) is 42.7 Å². The van der Waals surface area contributed by atoms with Crippen molar-refractivity contribution in [1.82, 2.24) is 9.97 Å². The summed E-state index contributed by atoms with van der Waals surface area (Å²) in [6.07, 6.45) is 3.95. The van der Waals surface area contributed by atoms with E-state index in [1.165, 1.54) is 0 Å². The van der Waals surface area contributed by atoms with E-state index in [1.807, 2.05) is 12.1 Å². The quantitative estimate of drug-likeness (QED) is 0.761. The highest BCUT2D eigenvalue weighted by Crippen LogP contribution is 2.16. The first kappa shape index (κ1) is 10.1. The minimum atomic E-state index is 0.519. The van der Waals surface area contributed by atoms with Crippen LogP contribution in [-0.4, -0.2) is 16.4 Å². The lowest BCUT2D eigenvalue weighted by molar-refractivity contribution is -0.105. The first-order valence-electron chi connectivity index (χ1n) is 4.73. The van der Waals surface area contributed by atoms with Gasteiger partial charge in [-0.3, -0.25) is 4.79 Å². The number of aromatic nitrogens is 2. The van der Waals surface area contributed by atoms with Crippen molar-refractivity contribution in [1.29, 1.82) is 0 Å². The maximum absolute atomic E-state index is 10.3. The Morgan fingerprint density at radius 1 is 1.06 bits per heavy atom. The van der Waals surface area contributed by atoms with E-state index in [4.69, 9.17) is 0 Å². The van der Waals surface area contributed by atoms with E-state index < -0.39 is 0 Å². The van der Waals surface area contributed by atoms with E-state index >= 15 is 0 Å². The number of carbonyl (C=O) groups excluding carboxylic acids is 1. The number of hydrogen-bond acceptors (Lipinski definition) is 4. The van der Waals surface area contributed by atoms with Gasteiger partial charge in [0.2, 0.25) is 12.4 Å². The summed E-state index contributed by atoms with van der Waals surface area (Å²) in [6.45, 7) is 0. The number of rotatable bonds is 4. The maximum atomic E-state index is 10.3. The molecule has 0 bridgehead atoms. The minimum absolute atomic E-state index is 0.519. The Bertz CT molecular complexity index is 472. The van der Waals surface area contributed by atoms with Gasteiger partial charge < -0.3 is 10.6 Å². The Kier molecular flexibility index (Phi) is 3.08. The Balaban J connectivity index is 2.15. The van der Waals surface area contributed by atoms with Crippen molar-refractivity contribution < 1.29 is 4.79 Å². The lowest BCUT2D eigenvalue weighted by atomic mass is 10.3. The van der Waals surface area contributed by atoms with Crippen LogP contribution >= 0.6 is 0 Å². The van der Waals surface area contributed by atoms with Crippen molar-refractivity contribution in [2.45, 2.75) is 0 Å². The van der Waals surface area contributed by atoms with Crippen molar-refractivity contribution in [2.75, 3.05) is 10.6 Å². The zero-order chi connectivity index (χ0) is 11.2. The second-order valence-corrected chi connectivity index (χ2v) is 3.04. The summed E-state index contributed by atoms with van der Waals surface area (Å²) in [6, 6.07) is 9.04. The number of amides is 1. The second kappa shape index (κ2) is 4.88.